The first-order chi connectivity index (χ1) is 18.8. The van der Waals surface area contributed by atoms with E-state index in [1.807, 2.05) is 24.3 Å². The smallest absolute Gasteiger partial charge is 0.268 e. The van der Waals surface area contributed by atoms with Crippen LogP contribution in [0, 0.1) is 11.8 Å². The predicted molar refractivity (Wildman–Crippen MR) is 152 cm³/mol. The quantitative estimate of drug-likeness (QED) is 0.130. The van der Waals surface area contributed by atoms with Gasteiger partial charge in [0, 0.05) is 28.9 Å². The van der Waals surface area contributed by atoms with E-state index < -0.39 is 24.0 Å². The Morgan fingerprint density at radius 3 is 2.00 bits per heavy atom. The molecule has 0 saturated carbocycles. The van der Waals surface area contributed by atoms with Crippen molar-refractivity contribution in [2.75, 3.05) is 19.0 Å². The van der Waals surface area contributed by atoms with E-state index in [-0.39, 0.29) is 25.4 Å². The Kier molecular flexibility index (Phi) is 12.3. The number of nitrogens with one attached hydrogen (secondary N) is 4. The largest absolute Gasteiger partial charge is 0.497 e. The van der Waals surface area contributed by atoms with Gasteiger partial charge in [-0.15, -0.1) is 0 Å². The van der Waals surface area contributed by atoms with Crippen LogP contribution in [0.25, 0.3) is 0 Å². The highest BCUT2D eigenvalue weighted by atomic mass is 16.5. The molecule has 210 valence electrons. The van der Waals surface area contributed by atoms with Crippen molar-refractivity contribution in [3.63, 3.8) is 0 Å². The highest BCUT2D eigenvalue weighted by molar-refractivity contribution is 5.97. The molecule has 6 N–H and O–H groups in total. The Morgan fingerprint density at radius 1 is 0.900 bits per heavy atom. The highest BCUT2D eigenvalue weighted by Gasteiger charge is 2.25. The van der Waals surface area contributed by atoms with Gasteiger partial charge in [-0.05, 0) is 73.2 Å². The van der Waals surface area contributed by atoms with Gasteiger partial charge in [-0.25, -0.2) is 5.48 Å². The van der Waals surface area contributed by atoms with Crippen LogP contribution < -0.4 is 26.2 Å². The topological polar surface area (TPSA) is 149 Å². The van der Waals surface area contributed by atoms with Crippen LogP contribution in [0.4, 0.5) is 5.69 Å². The van der Waals surface area contributed by atoms with Gasteiger partial charge in [-0.1, -0.05) is 31.4 Å². The summed E-state index contributed by atoms with van der Waals surface area (Å²) in [5.74, 6) is 5.13. The van der Waals surface area contributed by atoms with Crippen molar-refractivity contribution in [2.45, 2.75) is 33.0 Å². The molecular weight excluding hydrogens is 512 g/mol. The molecule has 0 bridgehead atoms. The molecule has 3 aromatic carbocycles. The zero-order valence-electron chi connectivity index (χ0n) is 21.5. The molecule has 0 radical (unpaired) electrons. The molecule has 0 aliphatic rings. The molecule has 2 atom stereocenters. The van der Waals surface area contributed by atoms with Crippen LogP contribution in [0.3, 0.4) is 0 Å². The van der Waals surface area contributed by atoms with Crippen LogP contribution in [0.1, 0.15) is 41.4 Å². The number of hydrogen-bond acceptors (Lipinski definition) is 7. The SMILES string of the molecule is C.COc1ccc(CNCC(=O)Nc2ccc(C#Cc3ccc(C(=O)N[C@H](C(=O)NO)[C@@H](C)O)cc3)cc2)cc1. The first-order valence-corrected chi connectivity index (χ1v) is 12.1. The highest BCUT2D eigenvalue weighted by Crippen LogP contribution is 2.12. The molecule has 0 unspecified atom stereocenters. The maximum atomic E-state index is 12.4. The molecule has 0 heterocycles. The van der Waals surface area contributed by atoms with E-state index >= 15 is 0 Å². The number of aliphatic hydroxyl groups is 1. The van der Waals surface area contributed by atoms with Crippen molar-refractivity contribution in [3.8, 4) is 17.6 Å². The second-order valence-electron chi connectivity index (χ2n) is 8.57. The number of anilines is 1. The zero-order chi connectivity index (χ0) is 28.2. The molecule has 10 heteroatoms. The number of benzene rings is 3. The van der Waals surface area contributed by atoms with Gasteiger partial charge in [0.2, 0.25) is 5.91 Å². The number of aliphatic hydroxyl groups excluding tert-OH is 1. The summed E-state index contributed by atoms with van der Waals surface area (Å²) in [4.78, 5) is 36.2. The van der Waals surface area contributed by atoms with Crippen molar-refractivity contribution in [2.24, 2.45) is 0 Å². The van der Waals surface area contributed by atoms with E-state index in [4.69, 9.17) is 9.94 Å². The van der Waals surface area contributed by atoms with E-state index in [0.29, 0.717) is 17.8 Å². The zero-order valence-corrected chi connectivity index (χ0v) is 21.5. The molecular formula is C30H34N4O6. The number of hydrogen-bond donors (Lipinski definition) is 6. The number of hydroxylamine groups is 1. The van der Waals surface area contributed by atoms with Gasteiger partial charge in [0.25, 0.3) is 11.8 Å². The number of methoxy groups -OCH3 is 1. The third-order valence-electron chi connectivity index (χ3n) is 5.60. The summed E-state index contributed by atoms with van der Waals surface area (Å²) < 4.78 is 5.13. The summed E-state index contributed by atoms with van der Waals surface area (Å²) in [6.45, 7) is 2.04. The van der Waals surface area contributed by atoms with Crippen LogP contribution in [-0.2, 0) is 16.1 Å². The summed E-state index contributed by atoms with van der Waals surface area (Å²) in [7, 11) is 1.61. The number of carbonyl (C=O) groups is 3. The standard InChI is InChI=1S/C29H30N4O6.CH4/c1-19(34)27(29(37)33-38)32-28(36)23-11-5-20(6-12-23)3-4-21-7-13-24(14-8-21)31-26(35)18-30-17-22-9-15-25(39-2)16-10-22;/h5-16,19,27,30,34,38H,17-18H2,1-2H3,(H,31,35)(H,32,36)(H,33,37);1H4/t19-,27+;/m1./s1. The van der Waals surface area contributed by atoms with Crippen molar-refractivity contribution >= 4 is 23.4 Å². The Morgan fingerprint density at radius 2 is 1.48 bits per heavy atom. The van der Waals surface area contributed by atoms with Gasteiger partial charge < -0.3 is 25.8 Å². The number of amides is 3. The second kappa shape index (κ2) is 15.7. The number of rotatable bonds is 10. The first kappa shape index (κ1) is 31.5. The van der Waals surface area contributed by atoms with Gasteiger partial charge in [0.1, 0.15) is 11.8 Å². The lowest BCUT2D eigenvalue weighted by atomic mass is 10.1. The Bertz CT molecular complexity index is 1330. The molecule has 3 amide bonds. The molecule has 3 aromatic rings. The maximum absolute atomic E-state index is 12.4. The lowest BCUT2D eigenvalue weighted by molar-refractivity contribution is -0.133. The minimum absolute atomic E-state index is 0. The first-order valence-electron chi connectivity index (χ1n) is 12.1. The van der Waals surface area contributed by atoms with Crippen molar-refractivity contribution < 1.29 is 29.4 Å². The second-order valence-corrected chi connectivity index (χ2v) is 8.57. The van der Waals surface area contributed by atoms with Gasteiger partial charge in [-0.3, -0.25) is 19.6 Å². The van der Waals surface area contributed by atoms with Crippen LogP contribution in [0.15, 0.2) is 72.8 Å². The van der Waals surface area contributed by atoms with E-state index in [1.165, 1.54) is 24.5 Å². The van der Waals surface area contributed by atoms with Crippen LogP contribution in [-0.4, -0.2) is 53.8 Å². The predicted octanol–water partition coefficient (Wildman–Crippen LogP) is 2.44. The Balaban J connectivity index is 0.00000560. The maximum Gasteiger partial charge on any atom is 0.268 e. The third-order valence-corrected chi connectivity index (χ3v) is 5.60. The molecule has 0 aromatic heterocycles. The fourth-order valence-corrected chi connectivity index (χ4v) is 3.45. The normalized spacial score (nSPS) is 11.5. The van der Waals surface area contributed by atoms with E-state index in [0.717, 1.165) is 16.9 Å². The molecule has 40 heavy (non-hydrogen) atoms. The Hall–Kier alpha value is -4.69. The van der Waals surface area contributed by atoms with Crippen molar-refractivity contribution in [1.82, 2.24) is 16.1 Å². The summed E-state index contributed by atoms with van der Waals surface area (Å²) in [6, 6.07) is 19.8. The average molecular weight is 547 g/mol. The van der Waals surface area contributed by atoms with Crippen molar-refractivity contribution in [1.29, 1.82) is 0 Å². The molecule has 0 saturated heterocycles. The molecule has 0 fully saturated rings. The van der Waals surface area contributed by atoms with Crippen molar-refractivity contribution in [3.05, 3.63) is 95.1 Å². The van der Waals surface area contributed by atoms with Gasteiger partial charge in [0.05, 0.1) is 19.8 Å². The summed E-state index contributed by atoms with van der Waals surface area (Å²) in [5, 5.41) is 26.7. The van der Waals surface area contributed by atoms with Gasteiger partial charge in [0.15, 0.2) is 0 Å². The van der Waals surface area contributed by atoms with Crippen LogP contribution in [0.5, 0.6) is 5.75 Å². The molecule has 10 nitrogen and oxygen atoms in total. The van der Waals surface area contributed by atoms with Gasteiger partial charge >= 0.3 is 0 Å². The minimum atomic E-state index is -1.30. The summed E-state index contributed by atoms with van der Waals surface area (Å²) in [5.41, 5.74) is 4.77. The molecule has 0 spiro atoms. The molecule has 0 aliphatic carbocycles. The third kappa shape index (κ3) is 9.56. The fourth-order valence-electron chi connectivity index (χ4n) is 3.45. The number of carbonyl (C=O) groups excluding carboxylic acids is 3. The molecule has 3 rings (SSSR count). The fraction of sp³-hybridized carbons (Fsp3) is 0.233. The Labute approximate surface area is 233 Å². The number of ether oxygens (including phenoxy) is 1. The van der Waals surface area contributed by atoms with E-state index in [1.54, 1.807) is 43.5 Å². The lowest BCUT2D eigenvalue weighted by Gasteiger charge is -2.19. The monoisotopic (exact) mass is 546 g/mol. The summed E-state index contributed by atoms with van der Waals surface area (Å²) >= 11 is 0. The van der Waals surface area contributed by atoms with Crippen LogP contribution >= 0.6 is 0 Å². The molecule has 0 aliphatic heterocycles. The van der Waals surface area contributed by atoms with Gasteiger partial charge in [-0.2, -0.15) is 0 Å². The minimum Gasteiger partial charge on any atom is -0.497 e. The summed E-state index contributed by atoms with van der Waals surface area (Å²) in [6.07, 6.45) is -1.20. The van der Waals surface area contributed by atoms with E-state index in [9.17, 15) is 19.5 Å². The van der Waals surface area contributed by atoms with E-state index in [2.05, 4.69) is 27.8 Å². The lowest BCUT2D eigenvalue weighted by Crippen LogP contribution is -2.51. The van der Waals surface area contributed by atoms with Crippen LogP contribution in [0.2, 0.25) is 0 Å². The average Bonchev–Trinajstić information content (AvgIpc) is 2.95.